The molecule has 3 N–H and O–H groups in total. The van der Waals surface area contributed by atoms with E-state index in [1.165, 1.54) is 29.3 Å². The minimum absolute atomic E-state index is 0.0985. The molecule has 2 heterocycles. The van der Waals surface area contributed by atoms with E-state index >= 15 is 0 Å². The summed E-state index contributed by atoms with van der Waals surface area (Å²) in [6.07, 6.45) is 4.08. The van der Waals surface area contributed by atoms with Crippen LogP contribution in [0.2, 0.25) is 0 Å². The summed E-state index contributed by atoms with van der Waals surface area (Å²) in [6.45, 7) is 0. The van der Waals surface area contributed by atoms with Crippen molar-refractivity contribution in [3.05, 3.63) is 42.0 Å². The van der Waals surface area contributed by atoms with Crippen molar-refractivity contribution in [1.82, 2.24) is 14.8 Å². The number of pyridine rings is 1. The van der Waals surface area contributed by atoms with E-state index in [1.807, 2.05) is 0 Å². The highest BCUT2D eigenvalue weighted by molar-refractivity contribution is 5.92. The van der Waals surface area contributed by atoms with Crippen LogP contribution in [0.4, 0.5) is 0 Å². The normalized spacial score (nSPS) is 10.1. The van der Waals surface area contributed by atoms with Gasteiger partial charge in [0.1, 0.15) is 5.69 Å². The summed E-state index contributed by atoms with van der Waals surface area (Å²) >= 11 is 0. The number of hydrogen-bond donors (Lipinski definition) is 2. The molecule has 2 aromatic heterocycles. The molecular formula is C10H8N4O3. The smallest absolute Gasteiger partial charge is 0.354 e. The Balaban J connectivity index is 2.42. The fourth-order valence-corrected chi connectivity index (χ4v) is 1.27. The van der Waals surface area contributed by atoms with E-state index in [1.54, 1.807) is 6.07 Å². The number of amides is 1. The molecule has 2 aromatic rings. The van der Waals surface area contributed by atoms with Gasteiger partial charge in [-0.2, -0.15) is 5.10 Å². The number of primary amides is 1. The number of nitrogens with two attached hydrogens (primary N) is 1. The van der Waals surface area contributed by atoms with E-state index in [-0.39, 0.29) is 11.3 Å². The van der Waals surface area contributed by atoms with Crippen molar-refractivity contribution in [3.8, 4) is 5.69 Å². The molecule has 0 spiro atoms. The molecule has 0 aromatic carbocycles. The lowest BCUT2D eigenvalue weighted by atomic mass is 10.3. The minimum Gasteiger partial charge on any atom is -0.477 e. The van der Waals surface area contributed by atoms with Gasteiger partial charge >= 0.3 is 5.97 Å². The summed E-state index contributed by atoms with van der Waals surface area (Å²) in [5.41, 5.74) is 5.73. The second kappa shape index (κ2) is 4.05. The Hall–Kier alpha value is -2.70. The Morgan fingerprint density at radius 2 is 2.18 bits per heavy atom. The fraction of sp³-hybridized carbons (Fsp3) is 0. The van der Waals surface area contributed by atoms with E-state index in [0.29, 0.717) is 5.69 Å². The lowest BCUT2D eigenvalue weighted by molar-refractivity contribution is 0.0690. The van der Waals surface area contributed by atoms with Crippen LogP contribution in [-0.2, 0) is 0 Å². The van der Waals surface area contributed by atoms with E-state index < -0.39 is 11.9 Å². The average Bonchev–Trinajstić information content (AvgIpc) is 2.78. The van der Waals surface area contributed by atoms with Crippen molar-refractivity contribution >= 4 is 11.9 Å². The minimum atomic E-state index is -1.13. The zero-order chi connectivity index (χ0) is 12.4. The summed E-state index contributed by atoms with van der Waals surface area (Å²) < 4.78 is 1.36. The molecule has 0 unspecified atom stereocenters. The maximum Gasteiger partial charge on any atom is 0.354 e. The molecule has 17 heavy (non-hydrogen) atoms. The molecule has 7 heteroatoms. The number of carboxylic acids is 1. The predicted octanol–water partition coefficient (Wildman–Crippen LogP) is 0.0644. The van der Waals surface area contributed by atoms with Crippen molar-refractivity contribution in [2.75, 3.05) is 0 Å². The summed E-state index contributed by atoms with van der Waals surface area (Å²) in [5.74, 6) is -1.72. The van der Waals surface area contributed by atoms with Crippen LogP contribution in [0.25, 0.3) is 5.69 Å². The monoisotopic (exact) mass is 232 g/mol. The van der Waals surface area contributed by atoms with Crippen LogP contribution < -0.4 is 5.73 Å². The van der Waals surface area contributed by atoms with E-state index in [0.717, 1.165) is 0 Å². The molecule has 86 valence electrons. The molecule has 0 radical (unpaired) electrons. The molecule has 0 aliphatic carbocycles. The highest BCUT2D eigenvalue weighted by Crippen LogP contribution is 2.09. The van der Waals surface area contributed by atoms with Gasteiger partial charge in [0.2, 0.25) is 0 Å². The van der Waals surface area contributed by atoms with Gasteiger partial charge in [0.15, 0.2) is 0 Å². The molecule has 0 fully saturated rings. The molecule has 0 saturated carbocycles. The number of carbonyl (C=O) groups is 2. The van der Waals surface area contributed by atoms with Crippen LogP contribution in [0.3, 0.4) is 0 Å². The third-order valence-corrected chi connectivity index (χ3v) is 2.09. The second-order valence-corrected chi connectivity index (χ2v) is 3.24. The fourth-order valence-electron chi connectivity index (χ4n) is 1.27. The molecule has 0 aliphatic rings. The lowest BCUT2D eigenvalue weighted by Crippen LogP contribution is -2.09. The summed E-state index contributed by atoms with van der Waals surface area (Å²) in [5, 5.41) is 12.7. The number of aromatic nitrogens is 3. The molecule has 1 amide bonds. The largest absolute Gasteiger partial charge is 0.477 e. The third kappa shape index (κ3) is 2.12. The first-order chi connectivity index (χ1) is 8.08. The molecule has 7 nitrogen and oxygen atoms in total. The van der Waals surface area contributed by atoms with Crippen LogP contribution in [-0.4, -0.2) is 31.7 Å². The maximum atomic E-state index is 10.9. The van der Waals surface area contributed by atoms with Crippen molar-refractivity contribution in [3.63, 3.8) is 0 Å². The number of rotatable bonds is 3. The number of aromatic carboxylic acids is 1. The second-order valence-electron chi connectivity index (χ2n) is 3.24. The van der Waals surface area contributed by atoms with Gasteiger partial charge in [-0.25, -0.2) is 14.5 Å². The first-order valence-electron chi connectivity index (χ1n) is 4.62. The topological polar surface area (TPSA) is 111 Å². The Morgan fingerprint density at radius 3 is 2.76 bits per heavy atom. The highest BCUT2D eigenvalue weighted by Gasteiger charge is 2.08. The summed E-state index contributed by atoms with van der Waals surface area (Å²) in [7, 11) is 0. The third-order valence-electron chi connectivity index (χ3n) is 2.09. The molecular weight excluding hydrogens is 224 g/mol. The molecule has 0 atom stereocenters. The van der Waals surface area contributed by atoms with Crippen molar-refractivity contribution in [1.29, 1.82) is 0 Å². The van der Waals surface area contributed by atoms with Crippen LogP contribution in [0.1, 0.15) is 20.8 Å². The SMILES string of the molecule is NC(=O)c1cnn(-c2ccnc(C(=O)O)c2)c1. The Kier molecular flexibility index (Phi) is 2.57. The van der Waals surface area contributed by atoms with Gasteiger partial charge in [-0.15, -0.1) is 0 Å². The quantitative estimate of drug-likeness (QED) is 0.777. The number of nitrogens with zero attached hydrogens (tertiary/aromatic N) is 3. The van der Waals surface area contributed by atoms with Gasteiger partial charge in [-0.3, -0.25) is 4.79 Å². The van der Waals surface area contributed by atoms with Crippen molar-refractivity contribution < 1.29 is 14.7 Å². The van der Waals surface area contributed by atoms with Crippen LogP contribution in [0.5, 0.6) is 0 Å². The van der Waals surface area contributed by atoms with Crippen LogP contribution in [0.15, 0.2) is 30.7 Å². The number of carboxylic acid groups (broad SMARTS) is 1. The van der Waals surface area contributed by atoms with Crippen LogP contribution in [0, 0.1) is 0 Å². The Bertz CT molecular complexity index is 591. The van der Waals surface area contributed by atoms with Gasteiger partial charge in [-0.1, -0.05) is 0 Å². The number of carbonyl (C=O) groups excluding carboxylic acids is 1. The zero-order valence-electron chi connectivity index (χ0n) is 8.57. The van der Waals surface area contributed by atoms with Gasteiger partial charge < -0.3 is 10.8 Å². The van der Waals surface area contributed by atoms with Crippen LogP contribution >= 0.6 is 0 Å². The van der Waals surface area contributed by atoms with Crippen molar-refractivity contribution in [2.24, 2.45) is 5.73 Å². The predicted molar refractivity (Wildman–Crippen MR) is 56.8 cm³/mol. The van der Waals surface area contributed by atoms with E-state index in [4.69, 9.17) is 10.8 Å². The summed E-state index contributed by atoms with van der Waals surface area (Å²) in [6, 6.07) is 2.92. The number of hydrogen-bond acceptors (Lipinski definition) is 4. The molecule has 0 saturated heterocycles. The highest BCUT2D eigenvalue weighted by atomic mass is 16.4. The Morgan fingerprint density at radius 1 is 1.41 bits per heavy atom. The molecule has 0 aliphatic heterocycles. The van der Waals surface area contributed by atoms with Gasteiger partial charge in [-0.05, 0) is 12.1 Å². The first kappa shape index (κ1) is 10.8. The van der Waals surface area contributed by atoms with Gasteiger partial charge in [0.05, 0.1) is 17.4 Å². The standard InChI is InChI=1S/C10H8N4O3/c11-9(15)6-4-13-14(5-6)7-1-2-12-8(3-7)10(16)17/h1-5H,(H2,11,15)(H,16,17). The molecule has 2 rings (SSSR count). The first-order valence-corrected chi connectivity index (χ1v) is 4.62. The van der Waals surface area contributed by atoms with E-state index in [9.17, 15) is 9.59 Å². The maximum absolute atomic E-state index is 10.9. The zero-order valence-corrected chi connectivity index (χ0v) is 8.57. The van der Waals surface area contributed by atoms with E-state index in [2.05, 4.69) is 10.1 Å². The lowest BCUT2D eigenvalue weighted by Gasteiger charge is -2.01. The molecule has 0 bridgehead atoms. The average molecular weight is 232 g/mol. The van der Waals surface area contributed by atoms with Crippen molar-refractivity contribution in [2.45, 2.75) is 0 Å². The summed E-state index contributed by atoms with van der Waals surface area (Å²) in [4.78, 5) is 25.3. The van der Waals surface area contributed by atoms with Gasteiger partial charge in [0, 0.05) is 12.4 Å². The van der Waals surface area contributed by atoms with Gasteiger partial charge in [0.25, 0.3) is 5.91 Å². The Labute approximate surface area is 95.5 Å².